The number of benzene rings is 1. The van der Waals surface area contributed by atoms with Gasteiger partial charge in [0, 0.05) is 23.2 Å². The summed E-state index contributed by atoms with van der Waals surface area (Å²) in [7, 11) is 1.80. The third-order valence-corrected chi connectivity index (χ3v) is 3.36. The summed E-state index contributed by atoms with van der Waals surface area (Å²) in [6.07, 6.45) is 3.25. The molecule has 0 saturated heterocycles. The van der Waals surface area contributed by atoms with Crippen molar-refractivity contribution in [3.05, 3.63) is 47.9 Å². The summed E-state index contributed by atoms with van der Waals surface area (Å²) in [5.74, 6) is 0.573. The molecule has 0 radical (unpaired) electrons. The lowest BCUT2D eigenvalue weighted by molar-refractivity contribution is 0.568. The SMILES string of the molecule is Cn1nc(-c2ccoc2)c(-c2ccccc2Cl)c1N. The van der Waals surface area contributed by atoms with Gasteiger partial charge in [0.1, 0.15) is 11.5 Å². The first-order valence-electron chi connectivity index (χ1n) is 5.78. The van der Waals surface area contributed by atoms with Crippen LogP contribution >= 0.6 is 11.6 Å². The molecule has 0 aliphatic heterocycles. The van der Waals surface area contributed by atoms with Crippen molar-refractivity contribution >= 4 is 17.4 Å². The molecule has 2 heterocycles. The normalized spacial score (nSPS) is 10.8. The summed E-state index contributed by atoms with van der Waals surface area (Å²) in [6.45, 7) is 0. The van der Waals surface area contributed by atoms with Gasteiger partial charge in [-0.15, -0.1) is 0 Å². The average molecular weight is 274 g/mol. The van der Waals surface area contributed by atoms with E-state index in [-0.39, 0.29) is 0 Å². The Labute approximate surface area is 115 Å². The summed E-state index contributed by atoms with van der Waals surface area (Å²) in [6, 6.07) is 9.42. The highest BCUT2D eigenvalue weighted by molar-refractivity contribution is 6.33. The lowest BCUT2D eigenvalue weighted by atomic mass is 10.0. The summed E-state index contributed by atoms with van der Waals surface area (Å²) in [5.41, 5.74) is 9.46. The first-order valence-corrected chi connectivity index (χ1v) is 6.16. The fourth-order valence-corrected chi connectivity index (χ4v) is 2.30. The summed E-state index contributed by atoms with van der Waals surface area (Å²) >= 11 is 6.26. The number of rotatable bonds is 2. The van der Waals surface area contributed by atoms with E-state index in [1.54, 1.807) is 24.3 Å². The van der Waals surface area contributed by atoms with Gasteiger partial charge in [-0.3, -0.25) is 4.68 Å². The minimum absolute atomic E-state index is 0.573. The van der Waals surface area contributed by atoms with E-state index in [0.717, 1.165) is 22.4 Å². The summed E-state index contributed by atoms with van der Waals surface area (Å²) in [4.78, 5) is 0. The fraction of sp³-hybridized carbons (Fsp3) is 0.0714. The number of hydrogen-bond acceptors (Lipinski definition) is 3. The second-order valence-electron chi connectivity index (χ2n) is 4.22. The molecule has 0 amide bonds. The van der Waals surface area contributed by atoms with Gasteiger partial charge < -0.3 is 10.2 Å². The van der Waals surface area contributed by atoms with E-state index in [0.29, 0.717) is 10.8 Å². The number of furan rings is 1. The van der Waals surface area contributed by atoms with Crippen LogP contribution in [0.25, 0.3) is 22.4 Å². The van der Waals surface area contributed by atoms with Crippen LogP contribution in [0.15, 0.2) is 47.3 Å². The van der Waals surface area contributed by atoms with E-state index in [1.165, 1.54) is 0 Å². The van der Waals surface area contributed by atoms with Crippen LogP contribution in [0.3, 0.4) is 0 Å². The Kier molecular flexibility index (Phi) is 2.80. The number of nitrogens with zero attached hydrogens (tertiary/aromatic N) is 2. The molecule has 2 N–H and O–H groups in total. The lowest BCUT2D eigenvalue weighted by Crippen LogP contribution is -1.98. The van der Waals surface area contributed by atoms with Crippen LogP contribution < -0.4 is 5.73 Å². The molecule has 0 bridgehead atoms. The maximum atomic E-state index is 6.26. The third kappa shape index (κ3) is 1.90. The van der Waals surface area contributed by atoms with Crippen LogP contribution in [0.4, 0.5) is 5.82 Å². The third-order valence-electron chi connectivity index (χ3n) is 3.03. The molecule has 2 aromatic heterocycles. The van der Waals surface area contributed by atoms with Gasteiger partial charge in [0.05, 0.1) is 18.1 Å². The van der Waals surface area contributed by atoms with Gasteiger partial charge in [0.15, 0.2) is 0 Å². The predicted octanol–water partition coefficient (Wildman–Crippen LogP) is 3.58. The van der Waals surface area contributed by atoms with Crippen molar-refractivity contribution in [3.8, 4) is 22.4 Å². The molecule has 3 rings (SSSR count). The highest BCUT2D eigenvalue weighted by atomic mass is 35.5. The van der Waals surface area contributed by atoms with Crippen molar-refractivity contribution in [2.24, 2.45) is 7.05 Å². The molecular weight excluding hydrogens is 262 g/mol. The van der Waals surface area contributed by atoms with Crippen LogP contribution in [0, 0.1) is 0 Å². The highest BCUT2D eigenvalue weighted by Gasteiger charge is 2.19. The second-order valence-corrected chi connectivity index (χ2v) is 4.63. The van der Waals surface area contributed by atoms with Crippen molar-refractivity contribution < 1.29 is 4.42 Å². The first kappa shape index (κ1) is 11.9. The molecule has 3 aromatic rings. The Morgan fingerprint density at radius 1 is 1.26 bits per heavy atom. The number of halogens is 1. The van der Waals surface area contributed by atoms with Gasteiger partial charge in [0.25, 0.3) is 0 Å². The summed E-state index contributed by atoms with van der Waals surface area (Å²) < 4.78 is 6.76. The van der Waals surface area contributed by atoms with Crippen molar-refractivity contribution in [3.63, 3.8) is 0 Å². The second kappa shape index (κ2) is 4.48. The van der Waals surface area contributed by atoms with Gasteiger partial charge in [-0.05, 0) is 12.1 Å². The Morgan fingerprint density at radius 2 is 2.05 bits per heavy atom. The molecular formula is C14H12ClN3O. The molecule has 19 heavy (non-hydrogen) atoms. The smallest absolute Gasteiger partial charge is 0.129 e. The van der Waals surface area contributed by atoms with E-state index in [4.69, 9.17) is 21.8 Å². The fourth-order valence-electron chi connectivity index (χ4n) is 2.07. The van der Waals surface area contributed by atoms with E-state index in [1.807, 2.05) is 30.3 Å². The molecule has 0 atom stereocenters. The molecule has 0 fully saturated rings. The number of aromatic nitrogens is 2. The minimum Gasteiger partial charge on any atom is -0.472 e. The van der Waals surface area contributed by atoms with Crippen molar-refractivity contribution in [2.45, 2.75) is 0 Å². The van der Waals surface area contributed by atoms with Crippen LogP contribution in [0.5, 0.6) is 0 Å². The van der Waals surface area contributed by atoms with Gasteiger partial charge >= 0.3 is 0 Å². The number of aryl methyl sites for hydroxylation is 1. The van der Waals surface area contributed by atoms with Crippen LogP contribution in [0.1, 0.15) is 0 Å². The Balaban J connectivity index is 2.29. The molecule has 0 unspecified atom stereocenters. The largest absolute Gasteiger partial charge is 0.472 e. The van der Waals surface area contributed by atoms with Crippen molar-refractivity contribution in [1.29, 1.82) is 0 Å². The maximum Gasteiger partial charge on any atom is 0.129 e. The van der Waals surface area contributed by atoms with E-state index in [2.05, 4.69) is 5.10 Å². The summed E-state index contributed by atoms with van der Waals surface area (Å²) in [5, 5.41) is 5.09. The minimum atomic E-state index is 0.573. The average Bonchev–Trinajstić information content (AvgIpc) is 3.01. The first-order chi connectivity index (χ1) is 9.18. The van der Waals surface area contributed by atoms with E-state index < -0.39 is 0 Å². The molecule has 96 valence electrons. The van der Waals surface area contributed by atoms with Crippen LogP contribution in [-0.4, -0.2) is 9.78 Å². The molecule has 0 spiro atoms. The zero-order valence-corrected chi connectivity index (χ0v) is 11.1. The van der Waals surface area contributed by atoms with E-state index >= 15 is 0 Å². The van der Waals surface area contributed by atoms with Gasteiger partial charge in [-0.1, -0.05) is 29.8 Å². The lowest BCUT2D eigenvalue weighted by Gasteiger charge is -2.05. The highest BCUT2D eigenvalue weighted by Crippen LogP contribution is 2.39. The van der Waals surface area contributed by atoms with Crippen molar-refractivity contribution in [1.82, 2.24) is 9.78 Å². The topological polar surface area (TPSA) is 57.0 Å². The Morgan fingerprint density at radius 3 is 2.74 bits per heavy atom. The Bertz CT molecular complexity index is 716. The molecule has 5 heteroatoms. The molecule has 0 saturated carbocycles. The molecule has 4 nitrogen and oxygen atoms in total. The van der Waals surface area contributed by atoms with Gasteiger partial charge in [-0.2, -0.15) is 5.10 Å². The molecule has 0 aliphatic carbocycles. The number of nitrogen functional groups attached to an aromatic ring is 1. The van der Waals surface area contributed by atoms with Crippen LogP contribution in [-0.2, 0) is 7.05 Å². The monoisotopic (exact) mass is 273 g/mol. The van der Waals surface area contributed by atoms with Crippen LogP contribution in [0.2, 0.25) is 5.02 Å². The van der Waals surface area contributed by atoms with Gasteiger partial charge in [0.2, 0.25) is 0 Å². The van der Waals surface area contributed by atoms with Gasteiger partial charge in [-0.25, -0.2) is 0 Å². The van der Waals surface area contributed by atoms with Crippen molar-refractivity contribution in [2.75, 3.05) is 5.73 Å². The predicted molar refractivity (Wildman–Crippen MR) is 75.8 cm³/mol. The molecule has 1 aromatic carbocycles. The Hall–Kier alpha value is -2.20. The zero-order chi connectivity index (χ0) is 13.4. The molecule has 0 aliphatic rings. The standard InChI is InChI=1S/C14H12ClN3O/c1-18-14(16)12(10-4-2-3-5-11(10)15)13(17-18)9-6-7-19-8-9/h2-8H,16H2,1H3. The number of nitrogens with two attached hydrogens (primary N) is 1. The number of anilines is 1. The zero-order valence-electron chi connectivity index (χ0n) is 10.3. The quantitative estimate of drug-likeness (QED) is 0.776. The number of hydrogen-bond donors (Lipinski definition) is 1. The maximum absolute atomic E-state index is 6.26. The van der Waals surface area contributed by atoms with E-state index in [9.17, 15) is 0 Å².